The Hall–Kier alpha value is -2.14. The maximum absolute atomic E-state index is 10.5. The van der Waals surface area contributed by atoms with Crippen LogP contribution in [0.5, 0.6) is 5.75 Å². The first-order valence-electron chi connectivity index (χ1n) is 8.48. The molecule has 3 rings (SSSR count). The van der Waals surface area contributed by atoms with Gasteiger partial charge in [0.1, 0.15) is 18.5 Å². The van der Waals surface area contributed by atoms with Crippen molar-refractivity contribution in [3.63, 3.8) is 0 Å². The van der Waals surface area contributed by atoms with Crippen molar-refractivity contribution >= 4 is 15.9 Å². The maximum atomic E-state index is 10.5. The Morgan fingerprint density at radius 1 is 0.808 bits per heavy atom. The van der Waals surface area contributed by atoms with E-state index in [1.807, 2.05) is 78.9 Å². The largest absolute Gasteiger partial charge is 0.488 e. The van der Waals surface area contributed by atoms with Crippen LogP contribution in [0.4, 0.5) is 0 Å². The zero-order valence-corrected chi connectivity index (χ0v) is 15.9. The Labute approximate surface area is 162 Å². The number of benzene rings is 3. The molecule has 0 fully saturated rings. The van der Waals surface area contributed by atoms with E-state index in [0.29, 0.717) is 19.0 Å². The number of hydrogen-bond donors (Lipinski definition) is 1. The highest BCUT2D eigenvalue weighted by atomic mass is 79.9. The predicted molar refractivity (Wildman–Crippen MR) is 106 cm³/mol. The third-order valence-electron chi connectivity index (χ3n) is 3.96. The Bertz CT molecular complexity index is 806. The van der Waals surface area contributed by atoms with Gasteiger partial charge in [-0.1, -0.05) is 82.7 Å². The lowest BCUT2D eigenvalue weighted by Crippen LogP contribution is -2.09. The van der Waals surface area contributed by atoms with Crippen molar-refractivity contribution in [2.24, 2.45) is 0 Å². The molecule has 0 saturated carbocycles. The molecule has 1 unspecified atom stereocenters. The third kappa shape index (κ3) is 5.43. The smallest absolute Gasteiger partial charge is 0.126 e. The highest BCUT2D eigenvalue weighted by Crippen LogP contribution is 2.30. The van der Waals surface area contributed by atoms with Gasteiger partial charge >= 0.3 is 0 Å². The standard InChI is InChI=1S/C22H21BrO3/c23-19-11-12-20(21(24)16-25-14-17-7-3-1-4-8-17)22(13-19)26-15-18-9-5-2-6-10-18/h1-13,21,24H,14-16H2. The average Bonchev–Trinajstić information content (AvgIpc) is 2.68. The average molecular weight is 413 g/mol. The summed E-state index contributed by atoms with van der Waals surface area (Å²) in [6.45, 7) is 1.12. The fourth-order valence-corrected chi connectivity index (χ4v) is 2.94. The molecule has 0 radical (unpaired) electrons. The third-order valence-corrected chi connectivity index (χ3v) is 4.45. The number of halogens is 1. The van der Waals surface area contributed by atoms with Crippen molar-refractivity contribution in [2.45, 2.75) is 19.3 Å². The van der Waals surface area contributed by atoms with Gasteiger partial charge in [0.05, 0.1) is 13.2 Å². The molecule has 0 saturated heterocycles. The van der Waals surface area contributed by atoms with Crippen molar-refractivity contribution in [1.82, 2.24) is 0 Å². The molecule has 0 aromatic heterocycles. The lowest BCUT2D eigenvalue weighted by molar-refractivity contribution is 0.0262. The van der Waals surface area contributed by atoms with Gasteiger partial charge in [-0.15, -0.1) is 0 Å². The van der Waals surface area contributed by atoms with Crippen LogP contribution in [0.3, 0.4) is 0 Å². The van der Waals surface area contributed by atoms with E-state index in [0.717, 1.165) is 21.2 Å². The Balaban J connectivity index is 1.62. The van der Waals surface area contributed by atoms with E-state index >= 15 is 0 Å². The van der Waals surface area contributed by atoms with Crippen LogP contribution in [0.1, 0.15) is 22.8 Å². The summed E-state index contributed by atoms with van der Waals surface area (Å²) in [5, 5.41) is 10.5. The minimum atomic E-state index is -0.752. The zero-order valence-electron chi connectivity index (χ0n) is 14.3. The fourth-order valence-electron chi connectivity index (χ4n) is 2.60. The lowest BCUT2D eigenvalue weighted by atomic mass is 10.1. The zero-order chi connectivity index (χ0) is 18.2. The maximum Gasteiger partial charge on any atom is 0.126 e. The predicted octanol–water partition coefficient (Wildman–Crippen LogP) is 5.28. The second-order valence-corrected chi connectivity index (χ2v) is 6.89. The molecule has 134 valence electrons. The SMILES string of the molecule is OC(COCc1ccccc1)c1ccc(Br)cc1OCc1ccccc1. The monoisotopic (exact) mass is 412 g/mol. The number of aliphatic hydroxyl groups is 1. The molecular weight excluding hydrogens is 392 g/mol. The fraction of sp³-hybridized carbons (Fsp3) is 0.182. The summed E-state index contributed by atoms with van der Waals surface area (Å²) in [5.74, 6) is 0.652. The molecular formula is C22H21BrO3. The van der Waals surface area contributed by atoms with Gasteiger partial charge in [0.15, 0.2) is 0 Å². The van der Waals surface area contributed by atoms with Crippen molar-refractivity contribution in [3.8, 4) is 5.75 Å². The first-order chi connectivity index (χ1) is 12.7. The second kappa shape index (κ2) is 9.53. The van der Waals surface area contributed by atoms with Gasteiger partial charge in [-0.25, -0.2) is 0 Å². The summed E-state index contributed by atoms with van der Waals surface area (Å²) in [6.07, 6.45) is -0.752. The highest BCUT2D eigenvalue weighted by Gasteiger charge is 2.15. The van der Waals surface area contributed by atoms with Gasteiger partial charge in [-0.2, -0.15) is 0 Å². The molecule has 0 aliphatic carbocycles. The van der Waals surface area contributed by atoms with Crippen molar-refractivity contribution in [1.29, 1.82) is 0 Å². The van der Waals surface area contributed by atoms with Gasteiger partial charge in [-0.05, 0) is 23.3 Å². The first-order valence-corrected chi connectivity index (χ1v) is 9.27. The van der Waals surface area contributed by atoms with Crippen molar-refractivity contribution < 1.29 is 14.6 Å². The van der Waals surface area contributed by atoms with Crippen LogP contribution < -0.4 is 4.74 Å². The number of ether oxygens (including phenoxy) is 2. The minimum Gasteiger partial charge on any atom is -0.488 e. The molecule has 3 aromatic rings. The molecule has 0 aliphatic rings. The van der Waals surface area contributed by atoms with E-state index in [4.69, 9.17) is 9.47 Å². The number of rotatable bonds is 8. The van der Waals surface area contributed by atoms with Crippen molar-refractivity contribution in [2.75, 3.05) is 6.61 Å². The minimum absolute atomic E-state index is 0.207. The Kier molecular flexibility index (Phi) is 6.83. The molecule has 0 spiro atoms. The summed E-state index contributed by atoms with van der Waals surface area (Å²) in [5.41, 5.74) is 2.88. The van der Waals surface area contributed by atoms with E-state index in [1.165, 1.54) is 0 Å². The van der Waals surface area contributed by atoms with Crippen LogP contribution in [-0.4, -0.2) is 11.7 Å². The van der Waals surface area contributed by atoms with E-state index in [-0.39, 0.29) is 6.61 Å². The van der Waals surface area contributed by atoms with Crippen molar-refractivity contribution in [3.05, 3.63) is 100 Å². The second-order valence-electron chi connectivity index (χ2n) is 5.97. The molecule has 4 heteroatoms. The molecule has 0 bridgehead atoms. The van der Waals surface area contributed by atoms with Gasteiger partial charge in [0, 0.05) is 10.0 Å². The molecule has 3 aromatic carbocycles. The summed E-state index contributed by atoms with van der Waals surface area (Å²) in [7, 11) is 0. The molecule has 3 nitrogen and oxygen atoms in total. The van der Waals surface area contributed by atoms with Gasteiger partial charge in [0.25, 0.3) is 0 Å². The Morgan fingerprint density at radius 2 is 1.42 bits per heavy atom. The quantitative estimate of drug-likeness (QED) is 0.546. The molecule has 0 aliphatic heterocycles. The first kappa shape index (κ1) is 18.6. The summed E-state index contributed by atoms with van der Waals surface area (Å²) < 4.78 is 12.5. The van der Waals surface area contributed by atoms with E-state index in [1.54, 1.807) is 0 Å². The van der Waals surface area contributed by atoms with Crippen LogP contribution in [0.15, 0.2) is 83.3 Å². The van der Waals surface area contributed by atoms with E-state index in [2.05, 4.69) is 15.9 Å². The van der Waals surface area contributed by atoms with Crippen LogP contribution in [0, 0.1) is 0 Å². The van der Waals surface area contributed by atoms with E-state index < -0.39 is 6.10 Å². The van der Waals surface area contributed by atoms with Gasteiger partial charge < -0.3 is 14.6 Å². The highest BCUT2D eigenvalue weighted by molar-refractivity contribution is 9.10. The molecule has 1 N–H and O–H groups in total. The van der Waals surface area contributed by atoms with Gasteiger partial charge in [-0.3, -0.25) is 0 Å². The van der Waals surface area contributed by atoms with Gasteiger partial charge in [0.2, 0.25) is 0 Å². The number of aliphatic hydroxyl groups excluding tert-OH is 1. The summed E-state index contributed by atoms with van der Waals surface area (Å²) in [4.78, 5) is 0. The summed E-state index contributed by atoms with van der Waals surface area (Å²) >= 11 is 3.46. The van der Waals surface area contributed by atoms with Crippen LogP contribution in [0.25, 0.3) is 0 Å². The normalized spacial score (nSPS) is 11.9. The lowest BCUT2D eigenvalue weighted by Gasteiger charge is -2.17. The molecule has 1 atom stereocenters. The summed E-state index contributed by atoms with van der Waals surface area (Å²) in [6, 6.07) is 25.5. The topological polar surface area (TPSA) is 38.7 Å². The Morgan fingerprint density at radius 3 is 2.08 bits per heavy atom. The molecule has 26 heavy (non-hydrogen) atoms. The van der Waals surface area contributed by atoms with Crippen LogP contribution >= 0.6 is 15.9 Å². The number of hydrogen-bond acceptors (Lipinski definition) is 3. The molecule has 0 heterocycles. The van der Waals surface area contributed by atoms with E-state index in [9.17, 15) is 5.11 Å². The van der Waals surface area contributed by atoms with Crippen LogP contribution in [0.2, 0.25) is 0 Å². The van der Waals surface area contributed by atoms with Crippen LogP contribution in [-0.2, 0) is 18.0 Å². The molecule has 0 amide bonds.